The first-order valence-corrected chi connectivity index (χ1v) is 7.00. The summed E-state index contributed by atoms with van der Waals surface area (Å²) in [5, 5.41) is 12.9. The highest BCUT2D eigenvalue weighted by molar-refractivity contribution is 5.86. The highest BCUT2D eigenvalue weighted by atomic mass is 19.1. The van der Waals surface area contributed by atoms with Crippen molar-refractivity contribution >= 4 is 10.8 Å². The molecule has 3 aromatic carbocycles. The maximum atomic E-state index is 13.4. The molecule has 1 atom stereocenters. The summed E-state index contributed by atoms with van der Waals surface area (Å²) in [6.07, 6.45) is -0.753. The molecular formula is C19H17FO. The molecule has 21 heavy (non-hydrogen) atoms. The van der Waals surface area contributed by atoms with E-state index in [-0.39, 0.29) is 5.82 Å². The third-order valence-corrected chi connectivity index (χ3v) is 3.95. The zero-order chi connectivity index (χ0) is 15.0. The van der Waals surface area contributed by atoms with Gasteiger partial charge >= 0.3 is 0 Å². The average Bonchev–Trinajstić information content (AvgIpc) is 2.45. The van der Waals surface area contributed by atoms with E-state index in [1.807, 2.05) is 56.3 Å². The van der Waals surface area contributed by atoms with Gasteiger partial charge in [-0.2, -0.15) is 0 Å². The predicted octanol–water partition coefficient (Wildman–Crippen LogP) is 4.68. The number of aliphatic hydroxyl groups excluding tert-OH is 1. The summed E-state index contributed by atoms with van der Waals surface area (Å²) >= 11 is 0. The highest BCUT2D eigenvalue weighted by Gasteiger charge is 2.18. The van der Waals surface area contributed by atoms with Crippen molar-refractivity contribution in [3.8, 4) is 0 Å². The van der Waals surface area contributed by atoms with E-state index in [1.54, 1.807) is 0 Å². The zero-order valence-corrected chi connectivity index (χ0v) is 12.1. The first-order valence-electron chi connectivity index (χ1n) is 7.00. The van der Waals surface area contributed by atoms with Gasteiger partial charge in [0, 0.05) is 0 Å². The van der Waals surface area contributed by atoms with Crippen molar-refractivity contribution in [3.05, 3.63) is 82.7 Å². The van der Waals surface area contributed by atoms with Crippen molar-refractivity contribution in [1.29, 1.82) is 0 Å². The first-order chi connectivity index (χ1) is 10.1. The van der Waals surface area contributed by atoms with E-state index >= 15 is 0 Å². The molecule has 0 saturated heterocycles. The number of fused-ring (bicyclic) bond motifs is 1. The second-order valence-electron chi connectivity index (χ2n) is 5.42. The van der Waals surface area contributed by atoms with Gasteiger partial charge in [0.05, 0.1) is 0 Å². The van der Waals surface area contributed by atoms with Crippen LogP contribution in [0.4, 0.5) is 4.39 Å². The van der Waals surface area contributed by atoms with Gasteiger partial charge in [-0.1, -0.05) is 42.5 Å². The van der Waals surface area contributed by atoms with Crippen molar-refractivity contribution in [3.63, 3.8) is 0 Å². The van der Waals surface area contributed by atoms with E-state index in [1.165, 1.54) is 12.1 Å². The molecule has 0 aromatic heterocycles. The summed E-state index contributed by atoms with van der Waals surface area (Å²) < 4.78 is 13.4. The normalized spacial score (nSPS) is 12.6. The number of aliphatic hydroxyl groups is 1. The molecule has 0 aliphatic heterocycles. The molecule has 3 rings (SSSR count). The Hall–Kier alpha value is -2.19. The van der Waals surface area contributed by atoms with Crippen LogP contribution in [-0.4, -0.2) is 5.11 Å². The molecule has 2 heteroatoms. The van der Waals surface area contributed by atoms with Gasteiger partial charge in [-0.3, -0.25) is 0 Å². The molecule has 0 saturated carbocycles. The Morgan fingerprint density at radius 1 is 0.905 bits per heavy atom. The molecule has 106 valence electrons. The third-order valence-electron chi connectivity index (χ3n) is 3.95. The van der Waals surface area contributed by atoms with Crippen LogP contribution in [0.2, 0.25) is 0 Å². The van der Waals surface area contributed by atoms with Crippen LogP contribution < -0.4 is 0 Å². The van der Waals surface area contributed by atoms with Crippen LogP contribution in [0.25, 0.3) is 10.8 Å². The monoisotopic (exact) mass is 280 g/mol. The van der Waals surface area contributed by atoms with Crippen molar-refractivity contribution in [2.75, 3.05) is 0 Å². The Morgan fingerprint density at radius 3 is 2.24 bits per heavy atom. The number of aryl methyl sites for hydroxylation is 2. The number of halogens is 1. The third kappa shape index (κ3) is 2.43. The van der Waals surface area contributed by atoms with Crippen molar-refractivity contribution in [2.45, 2.75) is 20.0 Å². The van der Waals surface area contributed by atoms with Crippen LogP contribution in [0.5, 0.6) is 0 Å². The number of benzene rings is 3. The predicted molar refractivity (Wildman–Crippen MR) is 83.9 cm³/mol. The summed E-state index contributed by atoms with van der Waals surface area (Å²) in [6.45, 7) is 3.67. The van der Waals surface area contributed by atoms with E-state index in [2.05, 4.69) is 0 Å². The van der Waals surface area contributed by atoms with E-state index in [0.717, 1.165) is 33.0 Å². The van der Waals surface area contributed by atoms with Gasteiger partial charge in [0.15, 0.2) is 0 Å². The smallest absolute Gasteiger partial charge is 0.123 e. The standard InChI is InChI=1S/C19H17FO/c1-12-10-15(20)11-13(2)18(12)19(21)17-9-5-7-14-6-3-4-8-16(14)17/h3-11,19,21H,1-2H3. The molecule has 1 unspecified atom stereocenters. The molecule has 3 aromatic rings. The van der Waals surface area contributed by atoms with E-state index in [4.69, 9.17) is 0 Å². The van der Waals surface area contributed by atoms with Gasteiger partial charge in [-0.05, 0) is 59.0 Å². The average molecular weight is 280 g/mol. The fraction of sp³-hybridized carbons (Fsp3) is 0.158. The molecule has 0 aliphatic rings. The molecule has 0 fully saturated rings. The van der Waals surface area contributed by atoms with Gasteiger partial charge in [-0.25, -0.2) is 4.39 Å². The number of hydrogen-bond donors (Lipinski definition) is 1. The Bertz CT molecular complexity index is 779. The Labute approximate surface area is 123 Å². The van der Waals surface area contributed by atoms with Crippen molar-refractivity contribution in [1.82, 2.24) is 0 Å². The van der Waals surface area contributed by atoms with Gasteiger partial charge in [0.25, 0.3) is 0 Å². The SMILES string of the molecule is Cc1cc(F)cc(C)c1C(O)c1cccc2ccccc12. The van der Waals surface area contributed by atoms with E-state index < -0.39 is 6.10 Å². The fourth-order valence-electron chi connectivity index (χ4n) is 3.00. The summed E-state index contributed by atoms with van der Waals surface area (Å²) in [5.74, 6) is -0.265. The van der Waals surface area contributed by atoms with Gasteiger partial charge in [0.2, 0.25) is 0 Å². The Kier molecular flexibility index (Phi) is 3.48. The lowest BCUT2D eigenvalue weighted by atomic mass is 9.90. The molecule has 1 N–H and O–H groups in total. The number of hydrogen-bond acceptors (Lipinski definition) is 1. The first kappa shape index (κ1) is 13.8. The van der Waals surface area contributed by atoms with Crippen molar-refractivity contribution < 1.29 is 9.50 Å². The number of rotatable bonds is 2. The van der Waals surface area contributed by atoms with Crippen LogP contribution in [0, 0.1) is 19.7 Å². The highest BCUT2D eigenvalue weighted by Crippen LogP contribution is 2.32. The second kappa shape index (κ2) is 5.30. The van der Waals surface area contributed by atoms with E-state index in [9.17, 15) is 9.50 Å². The van der Waals surface area contributed by atoms with Crippen LogP contribution >= 0.6 is 0 Å². The van der Waals surface area contributed by atoms with Crippen LogP contribution in [0.15, 0.2) is 54.6 Å². The lowest BCUT2D eigenvalue weighted by molar-refractivity contribution is 0.220. The topological polar surface area (TPSA) is 20.2 Å². The fourth-order valence-corrected chi connectivity index (χ4v) is 3.00. The molecule has 1 nitrogen and oxygen atoms in total. The molecule has 0 spiro atoms. The largest absolute Gasteiger partial charge is 0.384 e. The van der Waals surface area contributed by atoms with Gasteiger partial charge in [-0.15, -0.1) is 0 Å². The molecule has 0 bridgehead atoms. The maximum absolute atomic E-state index is 13.4. The Balaban J connectivity index is 2.20. The second-order valence-corrected chi connectivity index (χ2v) is 5.42. The summed E-state index contributed by atoms with van der Waals surface area (Å²) in [6, 6.07) is 16.8. The lowest BCUT2D eigenvalue weighted by Gasteiger charge is -2.19. The lowest BCUT2D eigenvalue weighted by Crippen LogP contribution is -2.06. The summed E-state index contributed by atoms with van der Waals surface area (Å²) in [7, 11) is 0. The summed E-state index contributed by atoms with van der Waals surface area (Å²) in [4.78, 5) is 0. The molecule has 0 heterocycles. The molecule has 0 amide bonds. The minimum absolute atomic E-state index is 0.265. The van der Waals surface area contributed by atoms with Crippen molar-refractivity contribution in [2.24, 2.45) is 0 Å². The maximum Gasteiger partial charge on any atom is 0.123 e. The molecular weight excluding hydrogens is 263 g/mol. The van der Waals surface area contributed by atoms with Gasteiger partial charge < -0.3 is 5.11 Å². The summed E-state index contributed by atoms with van der Waals surface area (Å²) in [5.41, 5.74) is 3.18. The molecule has 0 aliphatic carbocycles. The minimum atomic E-state index is -0.753. The minimum Gasteiger partial charge on any atom is -0.384 e. The Morgan fingerprint density at radius 2 is 1.52 bits per heavy atom. The van der Waals surface area contributed by atoms with Crippen LogP contribution in [0.1, 0.15) is 28.4 Å². The van der Waals surface area contributed by atoms with Crippen LogP contribution in [0.3, 0.4) is 0 Å². The quantitative estimate of drug-likeness (QED) is 0.722. The van der Waals surface area contributed by atoms with Crippen LogP contribution in [-0.2, 0) is 0 Å². The zero-order valence-electron chi connectivity index (χ0n) is 12.1. The van der Waals surface area contributed by atoms with Gasteiger partial charge in [0.1, 0.15) is 11.9 Å². The molecule has 0 radical (unpaired) electrons. The van der Waals surface area contributed by atoms with E-state index in [0.29, 0.717) is 0 Å².